The highest BCUT2D eigenvalue weighted by atomic mass is 16.5. The van der Waals surface area contributed by atoms with Gasteiger partial charge in [0.25, 0.3) is 5.91 Å². The van der Waals surface area contributed by atoms with Crippen LogP contribution in [-0.2, 0) is 16.1 Å². The maximum Gasteiger partial charge on any atom is 0.260 e. The summed E-state index contributed by atoms with van der Waals surface area (Å²) in [5.74, 6) is 1.50. The lowest BCUT2D eigenvalue weighted by atomic mass is 9.99. The fraction of sp³-hybridized carbons (Fsp3) is 0.667. The molecule has 0 aliphatic carbocycles. The topological polar surface area (TPSA) is 62.2 Å². The van der Waals surface area contributed by atoms with E-state index in [9.17, 15) is 9.90 Å². The largest absolute Gasteiger partial charge is 0.483 e. The number of hydrogen-bond donors (Lipinski definition) is 1. The normalized spacial score (nSPS) is 24.3. The predicted octanol–water partition coefficient (Wildman–Crippen LogP) is 1.91. The lowest BCUT2D eigenvalue weighted by molar-refractivity contribution is -0.134. The van der Waals surface area contributed by atoms with E-state index in [0.717, 1.165) is 37.2 Å². The van der Waals surface area contributed by atoms with Crippen molar-refractivity contribution < 1.29 is 19.4 Å². The molecule has 6 nitrogen and oxygen atoms in total. The number of likely N-dealkylation sites (tertiary alicyclic amines) is 2. The van der Waals surface area contributed by atoms with Crippen LogP contribution in [0.1, 0.15) is 32.3 Å². The number of nitrogens with zero attached hydrogens (tertiary/aromatic N) is 2. The van der Waals surface area contributed by atoms with Crippen molar-refractivity contribution in [1.82, 2.24) is 9.80 Å². The van der Waals surface area contributed by atoms with Crippen molar-refractivity contribution in [2.24, 2.45) is 5.92 Å². The summed E-state index contributed by atoms with van der Waals surface area (Å²) >= 11 is 0. The van der Waals surface area contributed by atoms with Crippen LogP contribution in [0.2, 0.25) is 0 Å². The number of β-amino-alcohol motifs (C(OH)–C–C–N with tert-alkyl or cyclic N) is 1. The number of aliphatic hydroxyl groups is 1. The number of aliphatic hydroxyl groups excluding tert-OH is 1. The van der Waals surface area contributed by atoms with Crippen LogP contribution in [0.4, 0.5) is 0 Å². The van der Waals surface area contributed by atoms with Gasteiger partial charge in [0.2, 0.25) is 0 Å². The minimum Gasteiger partial charge on any atom is -0.483 e. The van der Waals surface area contributed by atoms with Gasteiger partial charge in [-0.25, -0.2) is 0 Å². The van der Waals surface area contributed by atoms with Crippen molar-refractivity contribution in [3.8, 4) is 5.75 Å². The Morgan fingerprint density at radius 3 is 2.70 bits per heavy atom. The van der Waals surface area contributed by atoms with Crippen LogP contribution in [0.25, 0.3) is 0 Å². The van der Waals surface area contributed by atoms with Crippen molar-refractivity contribution in [3.63, 3.8) is 0 Å². The Balaban J connectivity index is 1.54. The monoisotopic (exact) mass is 376 g/mol. The molecule has 2 aliphatic rings. The molecule has 1 N–H and O–H groups in total. The van der Waals surface area contributed by atoms with Crippen LogP contribution in [0.3, 0.4) is 0 Å². The Kier molecular flexibility index (Phi) is 7.10. The molecule has 2 saturated heterocycles. The fourth-order valence-corrected chi connectivity index (χ4v) is 3.84. The Bertz CT molecular complexity index is 616. The fourth-order valence-electron chi connectivity index (χ4n) is 3.84. The molecule has 2 aliphatic heterocycles. The Morgan fingerprint density at radius 1 is 1.22 bits per heavy atom. The van der Waals surface area contributed by atoms with E-state index in [1.165, 1.54) is 0 Å². The third-order valence-corrected chi connectivity index (χ3v) is 5.55. The van der Waals surface area contributed by atoms with E-state index in [1.807, 2.05) is 36.1 Å². The van der Waals surface area contributed by atoms with Gasteiger partial charge in [-0.1, -0.05) is 25.1 Å². The maximum absolute atomic E-state index is 12.4. The molecule has 2 atom stereocenters. The van der Waals surface area contributed by atoms with Crippen LogP contribution in [0, 0.1) is 5.92 Å². The lowest BCUT2D eigenvalue weighted by Gasteiger charge is -2.30. The lowest BCUT2D eigenvalue weighted by Crippen LogP contribution is -2.40. The zero-order valence-corrected chi connectivity index (χ0v) is 16.5. The molecule has 0 spiro atoms. The molecule has 6 heteroatoms. The van der Waals surface area contributed by atoms with E-state index in [-0.39, 0.29) is 18.6 Å². The average molecular weight is 376 g/mol. The summed E-state index contributed by atoms with van der Waals surface area (Å²) < 4.78 is 11.5. The number of rotatable bonds is 7. The standard InChI is InChI=1S/C21H32N2O4/c1-3-26-20-14-22(13-18(20)24)12-17-6-4-5-7-19(17)27-15-21(25)23-10-8-16(2)9-11-23/h4-7,16,18,20,24H,3,8-15H2,1-2H3/t18-,20-/m1/s1. The summed E-state index contributed by atoms with van der Waals surface area (Å²) in [6.45, 7) is 8.48. The summed E-state index contributed by atoms with van der Waals surface area (Å²) in [7, 11) is 0. The zero-order chi connectivity index (χ0) is 19.2. The summed E-state index contributed by atoms with van der Waals surface area (Å²) in [6, 6.07) is 7.83. The molecule has 1 aromatic carbocycles. The van der Waals surface area contributed by atoms with Gasteiger partial charge in [-0.05, 0) is 31.7 Å². The molecular weight excluding hydrogens is 344 g/mol. The molecule has 150 valence electrons. The van der Waals surface area contributed by atoms with E-state index in [0.29, 0.717) is 32.2 Å². The molecule has 0 unspecified atom stereocenters. The summed E-state index contributed by atoms with van der Waals surface area (Å²) in [6.07, 6.45) is 1.55. The molecule has 0 aromatic heterocycles. The second kappa shape index (κ2) is 9.53. The average Bonchev–Trinajstić information content (AvgIpc) is 3.01. The smallest absolute Gasteiger partial charge is 0.260 e. The zero-order valence-electron chi connectivity index (χ0n) is 16.5. The van der Waals surface area contributed by atoms with Gasteiger partial charge in [0.05, 0.1) is 12.2 Å². The molecule has 2 heterocycles. The molecule has 2 fully saturated rings. The maximum atomic E-state index is 12.4. The second-order valence-electron chi connectivity index (χ2n) is 7.71. The quantitative estimate of drug-likeness (QED) is 0.788. The first kappa shape index (κ1) is 20.1. The number of carbonyl (C=O) groups is 1. The van der Waals surface area contributed by atoms with Crippen LogP contribution in [-0.4, -0.2) is 72.4 Å². The van der Waals surface area contributed by atoms with Crippen molar-refractivity contribution in [3.05, 3.63) is 29.8 Å². The summed E-state index contributed by atoms with van der Waals surface area (Å²) in [4.78, 5) is 16.5. The Labute approximate surface area is 162 Å². The third kappa shape index (κ3) is 5.43. The SMILES string of the molecule is CCO[C@@H]1CN(Cc2ccccc2OCC(=O)N2CCC(C)CC2)C[C@H]1O. The Morgan fingerprint density at radius 2 is 1.96 bits per heavy atom. The number of piperidine rings is 1. The highest BCUT2D eigenvalue weighted by Gasteiger charge is 2.32. The molecular formula is C21H32N2O4. The van der Waals surface area contributed by atoms with Crippen molar-refractivity contribution in [2.75, 3.05) is 39.4 Å². The molecule has 0 radical (unpaired) electrons. The highest BCUT2D eigenvalue weighted by molar-refractivity contribution is 5.77. The van der Waals surface area contributed by atoms with Crippen LogP contribution in [0.15, 0.2) is 24.3 Å². The van der Waals surface area contributed by atoms with Crippen molar-refractivity contribution in [1.29, 1.82) is 0 Å². The van der Waals surface area contributed by atoms with Crippen molar-refractivity contribution >= 4 is 5.91 Å². The van der Waals surface area contributed by atoms with Crippen LogP contribution >= 0.6 is 0 Å². The van der Waals surface area contributed by atoms with E-state index in [4.69, 9.17) is 9.47 Å². The van der Waals surface area contributed by atoms with E-state index >= 15 is 0 Å². The van der Waals surface area contributed by atoms with Gasteiger partial charge in [0.15, 0.2) is 6.61 Å². The molecule has 3 rings (SSSR count). The number of hydrogen-bond acceptors (Lipinski definition) is 5. The highest BCUT2D eigenvalue weighted by Crippen LogP contribution is 2.23. The van der Waals surface area contributed by atoms with Gasteiger partial charge < -0.3 is 19.5 Å². The first-order valence-corrected chi connectivity index (χ1v) is 10.1. The van der Waals surface area contributed by atoms with Crippen LogP contribution in [0.5, 0.6) is 5.75 Å². The number of ether oxygens (including phenoxy) is 2. The van der Waals surface area contributed by atoms with E-state index in [2.05, 4.69) is 11.8 Å². The minimum atomic E-state index is -0.457. The van der Waals surface area contributed by atoms with E-state index < -0.39 is 6.10 Å². The third-order valence-electron chi connectivity index (χ3n) is 5.55. The number of benzene rings is 1. The minimum absolute atomic E-state index is 0.0599. The van der Waals surface area contributed by atoms with Gasteiger partial charge in [-0.15, -0.1) is 0 Å². The summed E-state index contributed by atoms with van der Waals surface area (Å²) in [5.41, 5.74) is 1.03. The first-order valence-electron chi connectivity index (χ1n) is 10.1. The van der Waals surface area contributed by atoms with Gasteiger partial charge >= 0.3 is 0 Å². The van der Waals surface area contributed by atoms with Gasteiger partial charge in [-0.3, -0.25) is 9.69 Å². The van der Waals surface area contributed by atoms with Crippen molar-refractivity contribution in [2.45, 2.75) is 45.4 Å². The van der Waals surface area contributed by atoms with Gasteiger partial charge in [-0.2, -0.15) is 0 Å². The number of carbonyl (C=O) groups excluding carboxylic acids is 1. The molecule has 0 saturated carbocycles. The number of amides is 1. The number of para-hydroxylation sites is 1. The van der Waals surface area contributed by atoms with Crippen LogP contribution < -0.4 is 4.74 Å². The molecule has 0 bridgehead atoms. The van der Waals surface area contributed by atoms with E-state index in [1.54, 1.807) is 0 Å². The Hall–Kier alpha value is -1.63. The second-order valence-corrected chi connectivity index (χ2v) is 7.71. The molecule has 1 amide bonds. The summed E-state index contributed by atoms with van der Waals surface area (Å²) in [5, 5.41) is 10.1. The molecule has 27 heavy (non-hydrogen) atoms. The first-order chi connectivity index (χ1) is 13.1. The van der Waals surface area contributed by atoms with Gasteiger partial charge in [0.1, 0.15) is 5.75 Å². The predicted molar refractivity (Wildman–Crippen MR) is 104 cm³/mol. The van der Waals surface area contributed by atoms with Gasteiger partial charge in [0, 0.05) is 44.9 Å². The molecule has 1 aromatic rings.